The molecule has 0 aliphatic rings. The van der Waals surface area contributed by atoms with Gasteiger partial charge in [-0.3, -0.25) is 4.79 Å². The molecule has 0 aliphatic heterocycles. The Kier molecular flexibility index (Phi) is 35.5. The minimum Gasteiger partial charge on any atom is -0.461 e. The standard InChI is InChI=1S/C46H84O2/c1-7-8-9-10-11-12-13-14-15-16-17-18-19-20-21-22-23-24-25-26-27-28-29-39-46(47)48-41-40-45(6)38-32-37-44(5)36-31-35-43(4)34-30-33-42(2)3/h33,35,37,40H,7-32,34,36,38-39,41H2,1-6H3/b43-35+,44-37?,45-40+. The Morgan fingerprint density at radius 1 is 0.396 bits per heavy atom. The molecule has 0 saturated carbocycles. The number of carbonyl (C=O) groups is 1. The van der Waals surface area contributed by atoms with Crippen molar-refractivity contribution < 1.29 is 9.53 Å². The zero-order valence-electron chi connectivity index (χ0n) is 33.5. The lowest BCUT2D eigenvalue weighted by molar-refractivity contribution is -0.142. The Hall–Kier alpha value is -1.57. The fourth-order valence-corrected chi connectivity index (χ4v) is 6.39. The third-order valence-corrected chi connectivity index (χ3v) is 9.81. The van der Waals surface area contributed by atoms with Crippen LogP contribution in [0.2, 0.25) is 0 Å². The summed E-state index contributed by atoms with van der Waals surface area (Å²) < 4.78 is 5.47. The maximum Gasteiger partial charge on any atom is 0.306 e. The highest BCUT2D eigenvalue weighted by molar-refractivity contribution is 5.69. The van der Waals surface area contributed by atoms with Crippen LogP contribution in [0.15, 0.2) is 46.6 Å². The molecule has 280 valence electrons. The zero-order valence-corrected chi connectivity index (χ0v) is 33.5. The molecule has 0 heterocycles. The second-order valence-electron chi connectivity index (χ2n) is 15.3. The highest BCUT2D eigenvalue weighted by atomic mass is 16.5. The Bertz CT molecular complexity index is 838. The van der Waals surface area contributed by atoms with Gasteiger partial charge in [0.2, 0.25) is 0 Å². The molecule has 0 atom stereocenters. The summed E-state index contributed by atoms with van der Waals surface area (Å²) in [4.78, 5) is 12.1. The van der Waals surface area contributed by atoms with E-state index >= 15 is 0 Å². The molecule has 0 aliphatic carbocycles. The number of esters is 1. The van der Waals surface area contributed by atoms with Gasteiger partial charge < -0.3 is 4.74 Å². The van der Waals surface area contributed by atoms with Crippen molar-refractivity contribution >= 4 is 5.97 Å². The molecule has 0 aromatic heterocycles. The summed E-state index contributed by atoms with van der Waals surface area (Å²) in [6.07, 6.45) is 48.4. The van der Waals surface area contributed by atoms with Crippen LogP contribution in [-0.2, 0) is 9.53 Å². The van der Waals surface area contributed by atoms with Crippen molar-refractivity contribution in [2.75, 3.05) is 6.61 Å². The van der Waals surface area contributed by atoms with E-state index in [1.807, 2.05) is 0 Å². The summed E-state index contributed by atoms with van der Waals surface area (Å²) in [6, 6.07) is 0. The molecule has 0 spiro atoms. The van der Waals surface area contributed by atoms with Crippen molar-refractivity contribution in [2.45, 2.75) is 234 Å². The average Bonchev–Trinajstić information content (AvgIpc) is 3.05. The van der Waals surface area contributed by atoms with Crippen molar-refractivity contribution in [1.82, 2.24) is 0 Å². The number of unbranched alkanes of at least 4 members (excludes halogenated alkanes) is 22. The molecule has 0 unspecified atom stereocenters. The van der Waals surface area contributed by atoms with E-state index < -0.39 is 0 Å². The highest BCUT2D eigenvalue weighted by Crippen LogP contribution is 2.17. The normalized spacial score (nSPS) is 12.5. The van der Waals surface area contributed by atoms with Crippen LogP contribution in [0.5, 0.6) is 0 Å². The number of hydrogen-bond donors (Lipinski definition) is 0. The largest absolute Gasteiger partial charge is 0.461 e. The molecular weight excluding hydrogens is 585 g/mol. The van der Waals surface area contributed by atoms with Gasteiger partial charge in [-0.2, -0.15) is 0 Å². The second-order valence-corrected chi connectivity index (χ2v) is 15.3. The van der Waals surface area contributed by atoms with Gasteiger partial charge >= 0.3 is 5.97 Å². The van der Waals surface area contributed by atoms with Crippen molar-refractivity contribution in [3.05, 3.63) is 46.6 Å². The smallest absolute Gasteiger partial charge is 0.306 e. The summed E-state index contributed by atoms with van der Waals surface area (Å²) >= 11 is 0. The SMILES string of the molecule is CCCCCCCCCCCCCCCCCCCCCCCCCC(=O)OC/C=C(\C)CCC=C(C)CC/C=C(\C)CCC=C(C)C. The molecule has 0 aromatic rings. The maximum atomic E-state index is 12.1. The minimum atomic E-state index is -0.0394. The average molecular weight is 669 g/mol. The topological polar surface area (TPSA) is 26.3 Å². The molecule has 0 aromatic carbocycles. The number of carbonyl (C=O) groups excluding carboxylic acids is 1. The molecule has 0 radical (unpaired) electrons. The Labute approximate surface area is 302 Å². The zero-order chi connectivity index (χ0) is 35.3. The second kappa shape index (κ2) is 36.7. The number of rotatable bonds is 35. The fourth-order valence-electron chi connectivity index (χ4n) is 6.39. The molecule has 0 saturated heterocycles. The van der Waals surface area contributed by atoms with E-state index in [4.69, 9.17) is 4.74 Å². The van der Waals surface area contributed by atoms with E-state index in [0.29, 0.717) is 13.0 Å². The Balaban J connectivity index is 3.51. The molecule has 0 amide bonds. The number of allylic oxidation sites excluding steroid dienone is 7. The van der Waals surface area contributed by atoms with Gasteiger partial charge in [-0.15, -0.1) is 0 Å². The van der Waals surface area contributed by atoms with Crippen LogP contribution in [0.3, 0.4) is 0 Å². The first-order valence-corrected chi connectivity index (χ1v) is 21.1. The van der Waals surface area contributed by atoms with Crippen LogP contribution in [0, 0.1) is 0 Å². The lowest BCUT2D eigenvalue weighted by atomic mass is 10.0. The van der Waals surface area contributed by atoms with E-state index in [9.17, 15) is 4.79 Å². The predicted octanol–water partition coefficient (Wildman–Crippen LogP) is 16.1. The van der Waals surface area contributed by atoms with E-state index in [-0.39, 0.29) is 5.97 Å². The third kappa shape index (κ3) is 37.3. The molecule has 0 rings (SSSR count). The van der Waals surface area contributed by atoms with E-state index in [1.165, 1.54) is 164 Å². The molecule has 0 fully saturated rings. The maximum absolute atomic E-state index is 12.1. The van der Waals surface area contributed by atoms with E-state index in [2.05, 4.69) is 65.8 Å². The van der Waals surface area contributed by atoms with Crippen molar-refractivity contribution in [1.29, 1.82) is 0 Å². The van der Waals surface area contributed by atoms with Gasteiger partial charge in [0.25, 0.3) is 0 Å². The van der Waals surface area contributed by atoms with Gasteiger partial charge in [0.1, 0.15) is 6.61 Å². The first kappa shape index (κ1) is 46.4. The van der Waals surface area contributed by atoms with E-state index in [1.54, 1.807) is 0 Å². The molecule has 2 nitrogen and oxygen atoms in total. The van der Waals surface area contributed by atoms with Crippen molar-refractivity contribution in [3.63, 3.8) is 0 Å². The molecular formula is C46H84O2. The molecule has 2 heteroatoms. The number of ether oxygens (including phenoxy) is 1. The Morgan fingerprint density at radius 2 is 0.708 bits per heavy atom. The minimum absolute atomic E-state index is 0.0394. The fraction of sp³-hybridized carbons (Fsp3) is 0.804. The van der Waals surface area contributed by atoms with Crippen molar-refractivity contribution in [2.24, 2.45) is 0 Å². The molecule has 0 N–H and O–H groups in total. The lowest BCUT2D eigenvalue weighted by Gasteiger charge is -2.05. The van der Waals surface area contributed by atoms with Crippen LogP contribution in [0.1, 0.15) is 234 Å². The summed E-state index contributed by atoms with van der Waals surface area (Å²) in [5.41, 5.74) is 5.68. The van der Waals surface area contributed by atoms with Gasteiger partial charge in [0.05, 0.1) is 0 Å². The number of hydrogen-bond acceptors (Lipinski definition) is 2. The van der Waals surface area contributed by atoms with Crippen molar-refractivity contribution in [3.8, 4) is 0 Å². The first-order valence-electron chi connectivity index (χ1n) is 21.1. The monoisotopic (exact) mass is 669 g/mol. The summed E-state index contributed by atoms with van der Waals surface area (Å²) in [5.74, 6) is -0.0394. The first-order chi connectivity index (χ1) is 23.3. The van der Waals surface area contributed by atoms with E-state index in [0.717, 1.165) is 44.9 Å². The Morgan fingerprint density at radius 3 is 1.06 bits per heavy atom. The predicted molar refractivity (Wildman–Crippen MR) is 216 cm³/mol. The van der Waals surface area contributed by atoms with Gasteiger partial charge in [-0.25, -0.2) is 0 Å². The van der Waals surface area contributed by atoms with Crippen LogP contribution < -0.4 is 0 Å². The van der Waals surface area contributed by atoms with Gasteiger partial charge in [-0.1, -0.05) is 189 Å². The lowest BCUT2D eigenvalue weighted by Crippen LogP contribution is -2.04. The van der Waals surface area contributed by atoms with Crippen LogP contribution in [0.25, 0.3) is 0 Å². The van der Waals surface area contributed by atoms with Crippen LogP contribution >= 0.6 is 0 Å². The van der Waals surface area contributed by atoms with Gasteiger partial charge in [0, 0.05) is 6.42 Å². The highest BCUT2D eigenvalue weighted by Gasteiger charge is 2.02. The summed E-state index contributed by atoms with van der Waals surface area (Å²) in [6.45, 7) is 13.7. The quantitative estimate of drug-likeness (QED) is 0.0382. The third-order valence-electron chi connectivity index (χ3n) is 9.81. The van der Waals surface area contributed by atoms with Gasteiger partial charge in [-0.05, 0) is 85.6 Å². The van der Waals surface area contributed by atoms with Crippen LogP contribution in [-0.4, -0.2) is 12.6 Å². The molecule has 0 bridgehead atoms. The summed E-state index contributed by atoms with van der Waals surface area (Å²) in [5, 5.41) is 0. The van der Waals surface area contributed by atoms with Gasteiger partial charge in [0.15, 0.2) is 0 Å². The van der Waals surface area contributed by atoms with Crippen LogP contribution in [0.4, 0.5) is 0 Å². The molecule has 48 heavy (non-hydrogen) atoms. The summed E-state index contributed by atoms with van der Waals surface area (Å²) in [7, 11) is 0.